The average Bonchev–Trinajstić information content (AvgIpc) is 2.60. The standard InChI is InChI=1S/C11H17N3O3S/c1-7-8(6-18-13-7)9(15)14(5)12-10(16)17-11(2,3)4/h6H,1-5H3,(H,12,16). The van der Waals surface area contributed by atoms with Crippen LogP contribution in [-0.4, -0.2) is 34.0 Å². The van der Waals surface area contributed by atoms with Crippen LogP contribution in [0.2, 0.25) is 0 Å². The highest BCUT2D eigenvalue weighted by Crippen LogP contribution is 2.11. The molecule has 0 saturated carbocycles. The Kier molecular flexibility index (Phi) is 4.28. The lowest BCUT2D eigenvalue weighted by Crippen LogP contribution is -2.45. The van der Waals surface area contributed by atoms with E-state index in [0.717, 1.165) is 5.01 Å². The summed E-state index contributed by atoms with van der Waals surface area (Å²) in [5.74, 6) is -0.327. The van der Waals surface area contributed by atoms with Crippen molar-refractivity contribution in [1.82, 2.24) is 14.8 Å². The molecule has 1 heterocycles. The molecule has 7 heteroatoms. The molecule has 1 aromatic heterocycles. The average molecular weight is 271 g/mol. The summed E-state index contributed by atoms with van der Waals surface area (Å²) in [5, 5.41) is 2.73. The fourth-order valence-electron chi connectivity index (χ4n) is 1.17. The summed E-state index contributed by atoms with van der Waals surface area (Å²) >= 11 is 1.20. The first-order valence-electron chi connectivity index (χ1n) is 5.39. The number of nitrogens with one attached hydrogen (secondary N) is 1. The molecule has 0 unspecified atom stereocenters. The maximum Gasteiger partial charge on any atom is 0.426 e. The summed E-state index contributed by atoms with van der Waals surface area (Å²) in [6, 6.07) is 0. The van der Waals surface area contributed by atoms with Crippen molar-refractivity contribution in [2.75, 3.05) is 7.05 Å². The Labute approximate surface area is 110 Å². The molecule has 0 saturated heterocycles. The largest absolute Gasteiger partial charge is 0.443 e. The second kappa shape index (κ2) is 5.34. The number of hydrogen-bond donors (Lipinski definition) is 1. The second-order valence-corrected chi connectivity index (χ2v) is 5.42. The topological polar surface area (TPSA) is 71.5 Å². The second-order valence-electron chi connectivity index (χ2n) is 4.79. The number of aromatic nitrogens is 1. The summed E-state index contributed by atoms with van der Waals surface area (Å²) in [5.41, 5.74) is 2.86. The van der Waals surface area contributed by atoms with E-state index in [1.807, 2.05) is 0 Å². The van der Waals surface area contributed by atoms with Crippen molar-refractivity contribution < 1.29 is 14.3 Å². The summed E-state index contributed by atoms with van der Waals surface area (Å²) < 4.78 is 9.06. The third-order valence-corrected chi connectivity index (χ3v) is 2.66. The molecule has 0 bridgehead atoms. The quantitative estimate of drug-likeness (QED) is 0.793. The molecule has 2 amide bonds. The van der Waals surface area contributed by atoms with Gasteiger partial charge in [-0.15, -0.1) is 0 Å². The molecule has 18 heavy (non-hydrogen) atoms. The van der Waals surface area contributed by atoms with Gasteiger partial charge in [-0.3, -0.25) is 9.80 Å². The van der Waals surface area contributed by atoms with E-state index in [9.17, 15) is 9.59 Å². The van der Waals surface area contributed by atoms with Gasteiger partial charge in [-0.25, -0.2) is 10.2 Å². The molecule has 0 spiro atoms. The maximum atomic E-state index is 12.0. The summed E-state index contributed by atoms with van der Waals surface area (Å²) in [4.78, 5) is 23.4. The van der Waals surface area contributed by atoms with E-state index in [1.165, 1.54) is 18.6 Å². The molecule has 0 aliphatic heterocycles. The van der Waals surface area contributed by atoms with Crippen LogP contribution in [0.4, 0.5) is 4.79 Å². The van der Waals surface area contributed by atoms with Gasteiger partial charge < -0.3 is 4.74 Å². The van der Waals surface area contributed by atoms with E-state index < -0.39 is 11.7 Å². The number of rotatable bonds is 1. The summed E-state index contributed by atoms with van der Waals surface area (Å²) in [7, 11) is 1.46. The van der Waals surface area contributed by atoms with Crippen molar-refractivity contribution in [2.24, 2.45) is 0 Å². The predicted octanol–water partition coefficient (Wildman–Crippen LogP) is 1.96. The van der Waals surface area contributed by atoms with Gasteiger partial charge in [0.2, 0.25) is 0 Å². The molecule has 0 radical (unpaired) electrons. The zero-order valence-electron chi connectivity index (χ0n) is 11.1. The number of ether oxygens (including phenoxy) is 1. The third-order valence-electron chi connectivity index (χ3n) is 1.94. The van der Waals surface area contributed by atoms with Crippen molar-refractivity contribution in [1.29, 1.82) is 0 Å². The van der Waals surface area contributed by atoms with Gasteiger partial charge in [0.15, 0.2) is 0 Å². The van der Waals surface area contributed by atoms with Crippen LogP contribution in [0, 0.1) is 6.92 Å². The number of carbonyl (C=O) groups is 2. The van der Waals surface area contributed by atoms with Crippen LogP contribution in [0.15, 0.2) is 5.38 Å². The number of amides is 2. The Bertz CT molecular complexity index is 451. The van der Waals surface area contributed by atoms with Gasteiger partial charge in [-0.05, 0) is 39.2 Å². The van der Waals surface area contributed by atoms with E-state index in [1.54, 1.807) is 33.1 Å². The van der Waals surface area contributed by atoms with Crippen molar-refractivity contribution in [2.45, 2.75) is 33.3 Å². The Balaban J connectivity index is 2.61. The lowest BCUT2D eigenvalue weighted by Gasteiger charge is -2.23. The summed E-state index contributed by atoms with van der Waals surface area (Å²) in [6.45, 7) is 7.00. The minimum absolute atomic E-state index is 0.327. The van der Waals surface area contributed by atoms with E-state index in [0.29, 0.717) is 11.3 Å². The molecule has 0 aliphatic carbocycles. The van der Waals surface area contributed by atoms with E-state index in [-0.39, 0.29) is 5.91 Å². The van der Waals surface area contributed by atoms with Gasteiger partial charge >= 0.3 is 6.09 Å². The van der Waals surface area contributed by atoms with Gasteiger partial charge in [0.1, 0.15) is 5.60 Å². The number of hydrazine groups is 1. The molecule has 0 fully saturated rings. The first-order chi connectivity index (χ1) is 8.20. The number of hydrogen-bond acceptors (Lipinski definition) is 5. The molecule has 6 nitrogen and oxygen atoms in total. The molecule has 100 valence electrons. The monoisotopic (exact) mass is 271 g/mol. The molecular weight excluding hydrogens is 254 g/mol. The number of nitrogens with zero attached hydrogens (tertiary/aromatic N) is 2. The van der Waals surface area contributed by atoms with Crippen LogP contribution in [0.3, 0.4) is 0 Å². The molecule has 1 aromatic rings. The van der Waals surface area contributed by atoms with Gasteiger partial charge in [-0.2, -0.15) is 4.37 Å². The maximum absolute atomic E-state index is 12.0. The fraction of sp³-hybridized carbons (Fsp3) is 0.545. The SMILES string of the molecule is Cc1nscc1C(=O)N(C)NC(=O)OC(C)(C)C. The van der Waals surface area contributed by atoms with Gasteiger partial charge in [0, 0.05) is 12.4 Å². The predicted molar refractivity (Wildman–Crippen MR) is 68.3 cm³/mol. The first kappa shape index (κ1) is 14.4. The fourth-order valence-corrected chi connectivity index (χ4v) is 1.85. The summed E-state index contributed by atoms with van der Waals surface area (Å²) in [6.07, 6.45) is -0.667. The van der Waals surface area contributed by atoms with E-state index in [2.05, 4.69) is 9.80 Å². The van der Waals surface area contributed by atoms with Crippen LogP contribution in [-0.2, 0) is 4.74 Å². The number of aryl methyl sites for hydroxylation is 1. The Morgan fingerprint density at radius 3 is 2.50 bits per heavy atom. The smallest absolute Gasteiger partial charge is 0.426 e. The molecule has 0 aliphatic rings. The number of carbonyl (C=O) groups excluding carboxylic acids is 2. The Morgan fingerprint density at radius 2 is 2.06 bits per heavy atom. The Hall–Kier alpha value is -1.63. The molecule has 0 atom stereocenters. The highest BCUT2D eigenvalue weighted by molar-refractivity contribution is 7.03. The zero-order chi connectivity index (χ0) is 13.9. The van der Waals surface area contributed by atoms with Crippen LogP contribution in [0.25, 0.3) is 0 Å². The highest BCUT2D eigenvalue weighted by atomic mass is 32.1. The molecule has 0 aromatic carbocycles. The van der Waals surface area contributed by atoms with Gasteiger partial charge in [-0.1, -0.05) is 0 Å². The van der Waals surface area contributed by atoms with Crippen molar-refractivity contribution in [3.8, 4) is 0 Å². The highest BCUT2D eigenvalue weighted by Gasteiger charge is 2.21. The Morgan fingerprint density at radius 1 is 1.44 bits per heavy atom. The first-order valence-corrected chi connectivity index (χ1v) is 6.23. The van der Waals surface area contributed by atoms with Crippen LogP contribution >= 0.6 is 11.5 Å². The van der Waals surface area contributed by atoms with Crippen LogP contribution in [0.1, 0.15) is 36.8 Å². The van der Waals surface area contributed by atoms with Crippen molar-refractivity contribution in [3.63, 3.8) is 0 Å². The lowest BCUT2D eigenvalue weighted by molar-refractivity contribution is 0.0334. The van der Waals surface area contributed by atoms with Crippen LogP contribution in [0.5, 0.6) is 0 Å². The van der Waals surface area contributed by atoms with Crippen LogP contribution < -0.4 is 5.43 Å². The molecular formula is C11H17N3O3S. The third kappa shape index (κ3) is 3.99. The van der Waals surface area contributed by atoms with E-state index >= 15 is 0 Å². The zero-order valence-corrected chi connectivity index (χ0v) is 11.9. The molecule has 1 N–H and O–H groups in total. The van der Waals surface area contributed by atoms with E-state index in [4.69, 9.17) is 4.74 Å². The normalized spacial score (nSPS) is 10.9. The minimum Gasteiger partial charge on any atom is -0.443 e. The van der Waals surface area contributed by atoms with Crippen molar-refractivity contribution in [3.05, 3.63) is 16.6 Å². The molecule has 1 rings (SSSR count). The van der Waals surface area contributed by atoms with Crippen molar-refractivity contribution >= 4 is 23.5 Å². The minimum atomic E-state index is -0.667. The van der Waals surface area contributed by atoms with Gasteiger partial charge in [0.25, 0.3) is 5.91 Å². The van der Waals surface area contributed by atoms with Gasteiger partial charge in [0.05, 0.1) is 11.3 Å². The lowest BCUT2D eigenvalue weighted by atomic mass is 10.2.